The molecular weight excluding hydrogens is 220 g/mol. The van der Waals surface area contributed by atoms with Gasteiger partial charge in [0.25, 0.3) is 0 Å². The third-order valence-corrected chi connectivity index (χ3v) is 4.20. The third-order valence-electron chi connectivity index (χ3n) is 4.20. The zero-order chi connectivity index (χ0) is 14.2. The predicted octanol–water partition coefficient (Wildman–Crippen LogP) is 4.50. The molecule has 2 atom stereocenters. The van der Waals surface area contributed by atoms with Crippen molar-refractivity contribution in [3.63, 3.8) is 0 Å². The van der Waals surface area contributed by atoms with Crippen molar-refractivity contribution in [1.82, 2.24) is 0 Å². The highest BCUT2D eigenvalue weighted by atomic mass is 16.3. The number of allylic oxidation sites excluding steroid dienone is 3. The first kappa shape index (κ1) is 15.2. The van der Waals surface area contributed by atoms with Gasteiger partial charge in [-0.3, -0.25) is 0 Å². The van der Waals surface area contributed by atoms with E-state index in [-0.39, 0.29) is 16.2 Å². The van der Waals surface area contributed by atoms with Crippen molar-refractivity contribution in [3.8, 4) is 0 Å². The van der Waals surface area contributed by atoms with E-state index in [2.05, 4.69) is 66.3 Å². The SMILES string of the molecule is C=CCC1(C(C)(C)C)C=CC=C(C(C)(C)C)C1O. The fourth-order valence-electron chi connectivity index (χ4n) is 2.83. The largest absolute Gasteiger partial charge is 0.388 e. The summed E-state index contributed by atoms with van der Waals surface area (Å²) in [6, 6.07) is 0. The molecule has 1 aliphatic carbocycles. The van der Waals surface area contributed by atoms with Crippen LogP contribution < -0.4 is 0 Å². The van der Waals surface area contributed by atoms with E-state index in [0.717, 1.165) is 12.0 Å². The van der Waals surface area contributed by atoms with Crippen LogP contribution in [0, 0.1) is 16.2 Å². The normalized spacial score (nSPS) is 29.1. The van der Waals surface area contributed by atoms with Crippen LogP contribution in [0.25, 0.3) is 0 Å². The molecule has 0 saturated heterocycles. The fraction of sp³-hybridized carbons (Fsp3) is 0.647. The molecule has 1 nitrogen and oxygen atoms in total. The average Bonchev–Trinajstić information content (AvgIpc) is 2.17. The van der Waals surface area contributed by atoms with Crippen LogP contribution in [0.2, 0.25) is 0 Å². The van der Waals surface area contributed by atoms with E-state index >= 15 is 0 Å². The number of hydrogen-bond donors (Lipinski definition) is 1. The van der Waals surface area contributed by atoms with Crippen LogP contribution in [-0.2, 0) is 0 Å². The van der Waals surface area contributed by atoms with Crippen molar-refractivity contribution in [2.75, 3.05) is 0 Å². The number of aliphatic hydroxyl groups excluding tert-OH is 1. The van der Waals surface area contributed by atoms with Crippen molar-refractivity contribution < 1.29 is 5.11 Å². The van der Waals surface area contributed by atoms with Gasteiger partial charge in [-0.15, -0.1) is 6.58 Å². The Balaban J connectivity index is 3.30. The second-order valence-electron chi connectivity index (χ2n) is 7.42. The van der Waals surface area contributed by atoms with Gasteiger partial charge in [0.2, 0.25) is 0 Å². The Morgan fingerprint density at radius 2 is 1.83 bits per heavy atom. The Labute approximate surface area is 112 Å². The van der Waals surface area contributed by atoms with E-state index in [0.29, 0.717) is 0 Å². The number of rotatable bonds is 2. The van der Waals surface area contributed by atoms with Gasteiger partial charge in [0.05, 0.1) is 6.10 Å². The molecule has 0 spiro atoms. The summed E-state index contributed by atoms with van der Waals surface area (Å²) in [5.74, 6) is 0. The summed E-state index contributed by atoms with van der Waals surface area (Å²) in [6.45, 7) is 16.9. The minimum atomic E-state index is -0.444. The van der Waals surface area contributed by atoms with Crippen LogP contribution in [0.15, 0.2) is 36.5 Å². The Hall–Kier alpha value is -0.820. The molecule has 0 amide bonds. The average molecular weight is 248 g/mol. The van der Waals surface area contributed by atoms with Crippen LogP contribution in [-0.4, -0.2) is 11.2 Å². The molecule has 0 heterocycles. The highest BCUT2D eigenvalue weighted by Gasteiger charge is 2.48. The molecule has 1 heteroatoms. The van der Waals surface area contributed by atoms with Gasteiger partial charge in [0, 0.05) is 5.41 Å². The number of aliphatic hydroxyl groups is 1. The third kappa shape index (κ3) is 2.47. The smallest absolute Gasteiger partial charge is 0.0857 e. The molecule has 1 aliphatic rings. The zero-order valence-electron chi connectivity index (χ0n) is 12.7. The summed E-state index contributed by atoms with van der Waals surface area (Å²) >= 11 is 0. The van der Waals surface area contributed by atoms with Gasteiger partial charge in [0.1, 0.15) is 0 Å². The lowest BCUT2D eigenvalue weighted by Gasteiger charge is -2.50. The lowest BCUT2D eigenvalue weighted by Crippen LogP contribution is -2.48. The van der Waals surface area contributed by atoms with Gasteiger partial charge < -0.3 is 5.11 Å². The Morgan fingerprint density at radius 1 is 1.28 bits per heavy atom. The van der Waals surface area contributed by atoms with Gasteiger partial charge in [-0.1, -0.05) is 65.8 Å². The van der Waals surface area contributed by atoms with Crippen LogP contribution in [0.1, 0.15) is 48.0 Å². The number of hydrogen-bond acceptors (Lipinski definition) is 1. The van der Waals surface area contributed by atoms with Gasteiger partial charge >= 0.3 is 0 Å². The molecule has 0 aromatic heterocycles. The first-order chi connectivity index (χ1) is 8.06. The molecule has 1 N–H and O–H groups in total. The first-order valence-corrected chi connectivity index (χ1v) is 6.75. The minimum absolute atomic E-state index is 0.0120. The predicted molar refractivity (Wildman–Crippen MR) is 79.4 cm³/mol. The summed E-state index contributed by atoms with van der Waals surface area (Å²) < 4.78 is 0. The lowest BCUT2D eigenvalue weighted by atomic mass is 9.56. The molecule has 0 fully saturated rings. The standard InChI is InChI=1S/C17H28O/c1-8-11-17(16(5,6)7)12-9-10-13(14(17)18)15(2,3)4/h8-10,12,14,18H,1,11H2,2-7H3. The van der Waals surface area contributed by atoms with E-state index in [1.807, 2.05) is 6.08 Å². The van der Waals surface area contributed by atoms with Crippen LogP contribution in [0.3, 0.4) is 0 Å². The Kier molecular flexibility index (Phi) is 3.97. The van der Waals surface area contributed by atoms with Crippen molar-refractivity contribution in [3.05, 3.63) is 36.5 Å². The van der Waals surface area contributed by atoms with Gasteiger partial charge in [-0.05, 0) is 22.8 Å². The summed E-state index contributed by atoms with van der Waals surface area (Å²) in [6.07, 6.45) is 8.60. The van der Waals surface area contributed by atoms with Gasteiger partial charge in [0.15, 0.2) is 0 Å². The van der Waals surface area contributed by atoms with Crippen LogP contribution >= 0.6 is 0 Å². The van der Waals surface area contributed by atoms with E-state index in [1.165, 1.54) is 0 Å². The maximum atomic E-state index is 10.9. The Morgan fingerprint density at radius 3 is 2.22 bits per heavy atom. The second-order valence-corrected chi connectivity index (χ2v) is 7.42. The van der Waals surface area contributed by atoms with Crippen molar-refractivity contribution >= 4 is 0 Å². The molecular formula is C17H28O. The maximum absolute atomic E-state index is 10.9. The molecule has 0 bridgehead atoms. The molecule has 0 radical (unpaired) electrons. The molecule has 0 saturated carbocycles. The van der Waals surface area contributed by atoms with E-state index in [9.17, 15) is 5.11 Å². The van der Waals surface area contributed by atoms with Crippen molar-refractivity contribution in [1.29, 1.82) is 0 Å². The summed E-state index contributed by atoms with van der Waals surface area (Å²) in [4.78, 5) is 0. The second kappa shape index (κ2) is 4.70. The van der Waals surface area contributed by atoms with Gasteiger partial charge in [-0.25, -0.2) is 0 Å². The monoisotopic (exact) mass is 248 g/mol. The fourth-order valence-corrected chi connectivity index (χ4v) is 2.83. The lowest BCUT2D eigenvalue weighted by molar-refractivity contribution is -0.00452. The molecule has 0 aromatic rings. The minimum Gasteiger partial charge on any atom is -0.388 e. The van der Waals surface area contributed by atoms with Crippen molar-refractivity contribution in [2.24, 2.45) is 16.2 Å². The molecule has 2 unspecified atom stereocenters. The molecule has 0 aliphatic heterocycles. The van der Waals surface area contributed by atoms with Crippen LogP contribution in [0.4, 0.5) is 0 Å². The highest BCUT2D eigenvalue weighted by Crippen LogP contribution is 2.52. The van der Waals surface area contributed by atoms with Crippen LogP contribution in [0.5, 0.6) is 0 Å². The zero-order valence-corrected chi connectivity index (χ0v) is 12.7. The topological polar surface area (TPSA) is 20.2 Å². The highest BCUT2D eigenvalue weighted by molar-refractivity contribution is 5.34. The van der Waals surface area contributed by atoms with Gasteiger partial charge in [-0.2, -0.15) is 0 Å². The van der Waals surface area contributed by atoms with E-state index in [1.54, 1.807) is 0 Å². The molecule has 102 valence electrons. The first-order valence-electron chi connectivity index (χ1n) is 6.75. The quantitative estimate of drug-likeness (QED) is 0.713. The van der Waals surface area contributed by atoms with Crippen molar-refractivity contribution in [2.45, 2.75) is 54.1 Å². The molecule has 1 rings (SSSR count). The Bertz CT molecular complexity index is 373. The summed E-state index contributed by atoms with van der Waals surface area (Å²) in [5.41, 5.74) is 0.831. The molecule has 0 aromatic carbocycles. The summed E-state index contributed by atoms with van der Waals surface area (Å²) in [7, 11) is 0. The maximum Gasteiger partial charge on any atom is 0.0857 e. The molecule has 18 heavy (non-hydrogen) atoms. The van der Waals surface area contributed by atoms with E-state index in [4.69, 9.17) is 0 Å². The van der Waals surface area contributed by atoms with E-state index < -0.39 is 6.10 Å². The summed E-state index contributed by atoms with van der Waals surface area (Å²) in [5, 5.41) is 10.9.